The summed E-state index contributed by atoms with van der Waals surface area (Å²) in [7, 11) is 0. The molecule has 4 nitrogen and oxygen atoms in total. The van der Waals surface area contributed by atoms with Gasteiger partial charge in [0.05, 0.1) is 11.4 Å². The molecule has 0 unspecified atom stereocenters. The van der Waals surface area contributed by atoms with Crippen LogP contribution in [0, 0.1) is 0 Å². The van der Waals surface area contributed by atoms with Gasteiger partial charge in [-0.15, -0.1) is 11.3 Å². The van der Waals surface area contributed by atoms with Gasteiger partial charge in [-0.3, -0.25) is 0 Å². The van der Waals surface area contributed by atoms with E-state index in [1.54, 1.807) is 0 Å². The van der Waals surface area contributed by atoms with E-state index < -0.39 is 0 Å². The number of anilines is 3. The number of benzene rings is 10. The Labute approximate surface area is 378 Å². The highest BCUT2D eigenvalue weighted by molar-refractivity contribution is 7.25. The number of nitrogens with zero attached hydrogens (tertiary/aromatic N) is 3. The van der Waals surface area contributed by atoms with Crippen molar-refractivity contribution >= 4 is 92.1 Å². The summed E-state index contributed by atoms with van der Waals surface area (Å²) in [5.41, 5.74) is 12.0. The molecule has 0 N–H and O–H groups in total. The van der Waals surface area contributed by atoms with Crippen LogP contribution in [-0.4, -0.2) is 9.97 Å². The van der Waals surface area contributed by atoms with Gasteiger partial charge < -0.3 is 9.32 Å². The molecule has 0 fully saturated rings. The molecular formula is C60H37N3OS. The van der Waals surface area contributed by atoms with Crippen LogP contribution < -0.4 is 4.90 Å². The van der Waals surface area contributed by atoms with E-state index in [2.05, 4.69) is 217 Å². The SMILES string of the molecule is c1ccc(-c2cc(-c3ccc4ccccc4c3)nc(-c3ccc4c(-c5ccc(N(c6ccccc6)c6ccc7c(c6)sc6ccccc67)cc5)cc5c6ccccc6oc5c4c3)n2)cc1. The van der Waals surface area contributed by atoms with Crippen molar-refractivity contribution in [3.8, 4) is 45.0 Å². The molecule has 0 aliphatic rings. The first kappa shape index (κ1) is 37.2. The Bertz CT molecular complexity index is 3950. The molecule has 0 saturated carbocycles. The molecule has 0 aliphatic carbocycles. The summed E-state index contributed by atoms with van der Waals surface area (Å²) in [4.78, 5) is 12.9. The molecule has 13 aromatic rings. The number of hydrogen-bond donors (Lipinski definition) is 0. The van der Waals surface area contributed by atoms with Crippen LogP contribution in [0.1, 0.15) is 0 Å². The summed E-state index contributed by atoms with van der Waals surface area (Å²) in [6.45, 7) is 0. The van der Waals surface area contributed by atoms with Gasteiger partial charge in [0, 0.05) is 70.1 Å². The van der Waals surface area contributed by atoms with E-state index >= 15 is 0 Å². The third-order valence-electron chi connectivity index (χ3n) is 12.6. The first-order valence-corrected chi connectivity index (χ1v) is 22.7. The first-order chi connectivity index (χ1) is 32.2. The minimum Gasteiger partial charge on any atom is -0.455 e. The second kappa shape index (κ2) is 15.2. The fourth-order valence-electron chi connectivity index (χ4n) is 9.47. The molecule has 0 radical (unpaired) electrons. The van der Waals surface area contributed by atoms with Crippen LogP contribution in [0.3, 0.4) is 0 Å². The van der Waals surface area contributed by atoms with Crippen LogP contribution in [0.15, 0.2) is 229 Å². The first-order valence-electron chi connectivity index (χ1n) is 21.9. The molecule has 13 rings (SSSR count). The maximum atomic E-state index is 6.73. The van der Waals surface area contributed by atoms with Crippen LogP contribution in [-0.2, 0) is 0 Å². The Morgan fingerprint density at radius 3 is 1.82 bits per heavy atom. The second-order valence-electron chi connectivity index (χ2n) is 16.5. The zero-order valence-corrected chi connectivity index (χ0v) is 35.8. The molecule has 0 spiro atoms. The Kier molecular flexibility index (Phi) is 8.68. The van der Waals surface area contributed by atoms with Crippen molar-refractivity contribution < 1.29 is 4.42 Å². The van der Waals surface area contributed by atoms with Gasteiger partial charge in [0.2, 0.25) is 0 Å². The van der Waals surface area contributed by atoms with E-state index in [9.17, 15) is 0 Å². The third-order valence-corrected chi connectivity index (χ3v) is 13.8. The molecule has 0 atom stereocenters. The van der Waals surface area contributed by atoms with Gasteiger partial charge in [-0.2, -0.15) is 0 Å². The van der Waals surface area contributed by atoms with E-state index in [1.165, 1.54) is 30.9 Å². The number of para-hydroxylation sites is 2. The van der Waals surface area contributed by atoms with Gasteiger partial charge in [-0.25, -0.2) is 9.97 Å². The Balaban J connectivity index is 0.960. The van der Waals surface area contributed by atoms with Crippen LogP contribution in [0.25, 0.3) is 109 Å². The molecule has 5 heteroatoms. The summed E-state index contributed by atoms with van der Waals surface area (Å²) in [6, 6.07) is 79.8. The van der Waals surface area contributed by atoms with Gasteiger partial charge in [0.15, 0.2) is 5.82 Å². The highest BCUT2D eigenvalue weighted by atomic mass is 32.1. The molecular weight excluding hydrogens is 811 g/mol. The van der Waals surface area contributed by atoms with Gasteiger partial charge in [-0.05, 0) is 100 Å². The standard InChI is InChI=1S/C60H37N3OS/c1-3-14-40(15-4-1)54-37-55(42-24-23-38-13-7-8-16-41(38)33-42)62-60(61-54)43-27-31-47-51(36-53-48-19-9-11-21-56(48)64-59(53)52(47)34-43)39-25-28-45(29-26-39)63(44-17-5-2-6-18-44)46-30-32-50-49-20-10-12-22-57(49)65-58(50)35-46/h1-37H. The van der Waals surface area contributed by atoms with E-state index in [0.717, 1.165) is 89.0 Å². The van der Waals surface area contributed by atoms with Crippen molar-refractivity contribution in [2.24, 2.45) is 0 Å². The lowest BCUT2D eigenvalue weighted by atomic mass is 9.93. The monoisotopic (exact) mass is 847 g/mol. The Morgan fingerprint density at radius 2 is 0.969 bits per heavy atom. The minimum atomic E-state index is 0.658. The molecule has 3 aromatic heterocycles. The maximum absolute atomic E-state index is 6.73. The number of fused-ring (bicyclic) bond motifs is 9. The smallest absolute Gasteiger partial charge is 0.160 e. The van der Waals surface area contributed by atoms with Crippen molar-refractivity contribution in [2.75, 3.05) is 4.90 Å². The van der Waals surface area contributed by atoms with Gasteiger partial charge >= 0.3 is 0 Å². The lowest BCUT2D eigenvalue weighted by Crippen LogP contribution is -2.09. The number of aromatic nitrogens is 2. The zero-order chi connectivity index (χ0) is 42.8. The molecule has 0 amide bonds. The summed E-state index contributed by atoms with van der Waals surface area (Å²) in [6.07, 6.45) is 0. The normalized spacial score (nSPS) is 11.7. The van der Waals surface area contributed by atoms with Gasteiger partial charge in [0.1, 0.15) is 11.2 Å². The van der Waals surface area contributed by atoms with Gasteiger partial charge in [-0.1, -0.05) is 152 Å². The highest BCUT2D eigenvalue weighted by Crippen LogP contribution is 2.44. The average Bonchev–Trinajstić information content (AvgIpc) is 3.95. The van der Waals surface area contributed by atoms with E-state index in [4.69, 9.17) is 14.4 Å². The van der Waals surface area contributed by atoms with Gasteiger partial charge in [0.25, 0.3) is 0 Å². The van der Waals surface area contributed by atoms with E-state index in [1.807, 2.05) is 23.5 Å². The molecule has 0 aliphatic heterocycles. The Hall–Kier alpha value is -8.38. The molecule has 0 bridgehead atoms. The number of rotatable bonds is 7. The molecule has 10 aromatic carbocycles. The average molecular weight is 848 g/mol. The summed E-state index contributed by atoms with van der Waals surface area (Å²) in [5, 5.41) is 9.22. The summed E-state index contributed by atoms with van der Waals surface area (Å²) < 4.78 is 9.30. The summed E-state index contributed by atoms with van der Waals surface area (Å²) >= 11 is 1.84. The Morgan fingerprint density at radius 1 is 0.354 bits per heavy atom. The molecule has 3 heterocycles. The van der Waals surface area contributed by atoms with E-state index in [-0.39, 0.29) is 0 Å². The van der Waals surface area contributed by atoms with Crippen molar-refractivity contribution in [3.05, 3.63) is 224 Å². The van der Waals surface area contributed by atoms with Crippen molar-refractivity contribution in [2.45, 2.75) is 0 Å². The van der Waals surface area contributed by atoms with E-state index in [0.29, 0.717) is 5.82 Å². The molecule has 65 heavy (non-hydrogen) atoms. The lowest BCUT2D eigenvalue weighted by Gasteiger charge is -2.26. The quantitative estimate of drug-likeness (QED) is 0.160. The van der Waals surface area contributed by atoms with Crippen LogP contribution in [0.2, 0.25) is 0 Å². The maximum Gasteiger partial charge on any atom is 0.160 e. The van der Waals surface area contributed by atoms with Crippen LogP contribution in [0.4, 0.5) is 17.1 Å². The molecule has 0 saturated heterocycles. The van der Waals surface area contributed by atoms with Crippen molar-refractivity contribution in [3.63, 3.8) is 0 Å². The fraction of sp³-hybridized carbons (Fsp3) is 0. The largest absolute Gasteiger partial charge is 0.455 e. The third kappa shape index (κ3) is 6.44. The topological polar surface area (TPSA) is 42.2 Å². The zero-order valence-electron chi connectivity index (χ0n) is 35.0. The molecule has 304 valence electrons. The van der Waals surface area contributed by atoms with Crippen LogP contribution >= 0.6 is 11.3 Å². The van der Waals surface area contributed by atoms with Crippen LogP contribution in [0.5, 0.6) is 0 Å². The second-order valence-corrected chi connectivity index (χ2v) is 17.6. The minimum absolute atomic E-state index is 0.658. The predicted molar refractivity (Wildman–Crippen MR) is 274 cm³/mol. The number of thiophene rings is 1. The summed E-state index contributed by atoms with van der Waals surface area (Å²) in [5.74, 6) is 0.658. The van der Waals surface area contributed by atoms with Crippen molar-refractivity contribution in [1.29, 1.82) is 0 Å². The lowest BCUT2D eigenvalue weighted by molar-refractivity contribution is 0.672. The number of hydrogen-bond acceptors (Lipinski definition) is 5. The number of furan rings is 1. The predicted octanol–water partition coefficient (Wildman–Crippen LogP) is 17.2. The van der Waals surface area contributed by atoms with Crippen molar-refractivity contribution in [1.82, 2.24) is 9.97 Å². The highest BCUT2D eigenvalue weighted by Gasteiger charge is 2.20. The fourth-order valence-corrected chi connectivity index (χ4v) is 10.6.